The van der Waals surface area contributed by atoms with Crippen molar-refractivity contribution in [3.05, 3.63) is 82.0 Å². The highest BCUT2D eigenvalue weighted by Crippen LogP contribution is 2.30. The number of hydrogen-bond donors (Lipinski definition) is 2. The second-order valence-electron chi connectivity index (χ2n) is 7.77. The van der Waals surface area contributed by atoms with Crippen molar-refractivity contribution in [1.29, 1.82) is 0 Å². The molecule has 1 saturated carbocycles. The predicted octanol–water partition coefficient (Wildman–Crippen LogP) is 5.02. The molecule has 0 bridgehead atoms. The van der Waals surface area contributed by atoms with Gasteiger partial charge < -0.3 is 15.2 Å². The third-order valence-corrected chi connectivity index (χ3v) is 6.73. The van der Waals surface area contributed by atoms with E-state index in [2.05, 4.69) is 53.8 Å². The van der Waals surface area contributed by atoms with Gasteiger partial charge in [-0.1, -0.05) is 54.6 Å². The van der Waals surface area contributed by atoms with E-state index in [4.69, 9.17) is 9.84 Å². The SMILES string of the molecule is O=C(NC[C@H]1CC[C@H](OCc2ccccc2-c2ccccc2)C1)c1ccc(CO)s1. The van der Waals surface area contributed by atoms with Gasteiger partial charge in [0.05, 0.1) is 24.2 Å². The summed E-state index contributed by atoms with van der Waals surface area (Å²) in [5.74, 6) is 0.390. The van der Waals surface area contributed by atoms with Crippen LogP contribution in [-0.4, -0.2) is 23.7 Å². The molecular formula is C25H27NO3S. The molecule has 1 amide bonds. The first-order chi connectivity index (χ1) is 14.7. The number of benzene rings is 2. The van der Waals surface area contributed by atoms with Crippen molar-refractivity contribution < 1.29 is 14.6 Å². The largest absolute Gasteiger partial charge is 0.391 e. The van der Waals surface area contributed by atoms with Crippen LogP contribution in [0, 0.1) is 5.92 Å². The van der Waals surface area contributed by atoms with Crippen LogP contribution < -0.4 is 5.32 Å². The van der Waals surface area contributed by atoms with Crippen molar-refractivity contribution >= 4 is 17.2 Å². The van der Waals surface area contributed by atoms with Crippen LogP contribution in [0.25, 0.3) is 11.1 Å². The van der Waals surface area contributed by atoms with E-state index < -0.39 is 0 Å². The highest BCUT2D eigenvalue weighted by molar-refractivity contribution is 7.14. The van der Waals surface area contributed by atoms with E-state index in [-0.39, 0.29) is 18.6 Å². The normalized spacial score (nSPS) is 18.4. The molecule has 30 heavy (non-hydrogen) atoms. The lowest BCUT2D eigenvalue weighted by Gasteiger charge is -2.15. The van der Waals surface area contributed by atoms with Crippen LogP contribution in [0.1, 0.15) is 39.4 Å². The Morgan fingerprint density at radius 2 is 1.83 bits per heavy atom. The second-order valence-corrected chi connectivity index (χ2v) is 8.94. The molecule has 0 aliphatic heterocycles. The average molecular weight is 422 g/mol. The number of carbonyl (C=O) groups excluding carboxylic acids is 1. The lowest BCUT2D eigenvalue weighted by atomic mass is 10.0. The van der Waals surface area contributed by atoms with Gasteiger partial charge in [-0.15, -0.1) is 11.3 Å². The van der Waals surface area contributed by atoms with Gasteiger partial charge in [0, 0.05) is 11.4 Å². The van der Waals surface area contributed by atoms with Crippen molar-refractivity contribution in [3.63, 3.8) is 0 Å². The number of aliphatic hydroxyl groups excluding tert-OH is 1. The van der Waals surface area contributed by atoms with Crippen LogP contribution in [-0.2, 0) is 18.0 Å². The summed E-state index contributed by atoms with van der Waals surface area (Å²) < 4.78 is 6.25. The number of rotatable bonds is 8. The summed E-state index contributed by atoms with van der Waals surface area (Å²) in [5.41, 5.74) is 3.64. The molecular weight excluding hydrogens is 394 g/mol. The molecule has 1 fully saturated rings. The van der Waals surface area contributed by atoms with Crippen LogP contribution in [0.2, 0.25) is 0 Å². The number of aliphatic hydroxyl groups is 1. The highest BCUT2D eigenvalue weighted by atomic mass is 32.1. The molecule has 3 aromatic rings. The summed E-state index contributed by atoms with van der Waals surface area (Å²) in [6, 6.07) is 22.4. The molecule has 1 aromatic heterocycles. The zero-order chi connectivity index (χ0) is 20.8. The fraction of sp³-hybridized carbons (Fsp3) is 0.320. The molecule has 4 rings (SSSR count). The van der Waals surface area contributed by atoms with Crippen molar-refractivity contribution in [3.8, 4) is 11.1 Å². The maximum atomic E-state index is 12.3. The van der Waals surface area contributed by atoms with E-state index >= 15 is 0 Å². The Bertz CT molecular complexity index is 969. The molecule has 4 nitrogen and oxygen atoms in total. The maximum Gasteiger partial charge on any atom is 0.261 e. The van der Waals surface area contributed by atoms with Gasteiger partial charge in [0.1, 0.15) is 0 Å². The first-order valence-electron chi connectivity index (χ1n) is 10.5. The maximum absolute atomic E-state index is 12.3. The first kappa shape index (κ1) is 20.8. The quantitative estimate of drug-likeness (QED) is 0.537. The number of nitrogens with one attached hydrogen (secondary N) is 1. The zero-order valence-corrected chi connectivity index (χ0v) is 17.7. The summed E-state index contributed by atoms with van der Waals surface area (Å²) in [7, 11) is 0. The van der Waals surface area contributed by atoms with Gasteiger partial charge in [0.15, 0.2) is 0 Å². The summed E-state index contributed by atoms with van der Waals surface area (Å²) in [4.78, 5) is 13.7. The number of thiophene rings is 1. The minimum Gasteiger partial charge on any atom is -0.391 e. The summed E-state index contributed by atoms with van der Waals surface area (Å²) in [6.07, 6.45) is 3.30. The molecule has 2 atom stereocenters. The molecule has 0 unspecified atom stereocenters. The van der Waals surface area contributed by atoms with Gasteiger partial charge in [-0.3, -0.25) is 4.79 Å². The molecule has 0 radical (unpaired) electrons. The third kappa shape index (κ3) is 5.17. The Morgan fingerprint density at radius 3 is 2.63 bits per heavy atom. The summed E-state index contributed by atoms with van der Waals surface area (Å²) >= 11 is 1.34. The molecule has 1 heterocycles. The van der Waals surface area contributed by atoms with E-state index in [0.29, 0.717) is 23.9 Å². The number of carbonyl (C=O) groups is 1. The molecule has 2 N–H and O–H groups in total. The Labute approximate surface area is 181 Å². The topological polar surface area (TPSA) is 58.6 Å². The Kier molecular flexibility index (Phi) is 6.95. The van der Waals surface area contributed by atoms with Crippen LogP contribution in [0.4, 0.5) is 0 Å². The molecule has 0 saturated heterocycles. The van der Waals surface area contributed by atoms with Gasteiger partial charge in [-0.2, -0.15) is 0 Å². The minimum absolute atomic E-state index is 0.0208. The van der Waals surface area contributed by atoms with Crippen LogP contribution in [0.15, 0.2) is 66.7 Å². The number of amides is 1. The molecule has 1 aliphatic rings. The molecule has 1 aliphatic carbocycles. The predicted molar refractivity (Wildman–Crippen MR) is 120 cm³/mol. The van der Waals surface area contributed by atoms with E-state index in [1.807, 2.05) is 6.07 Å². The van der Waals surface area contributed by atoms with E-state index in [9.17, 15) is 4.79 Å². The zero-order valence-electron chi connectivity index (χ0n) is 16.9. The average Bonchev–Trinajstić information content (AvgIpc) is 3.46. The molecule has 2 aromatic carbocycles. The highest BCUT2D eigenvalue weighted by Gasteiger charge is 2.26. The number of ether oxygens (including phenoxy) is 1. The van der Waals surface area contributed by atoms with Crippen LogP contribution >= 0.6 is 11.3 Å². The van der Waals surface area contributed by atoms with E-state index in [0.717, 1.165) is 24.1 Å². The van der Waals surface area contributed by atoms with Crippen LogP contribution in [0.5, 0.6) is 0 Å². The molecule has 5 heteroatoms. The minimum atomic E-state index is -0.0548. The van der Waals surface area contributed by atoms with E-state index in [1.54, 1.807) is 12.1 Å². The van der Waals surface area contributed by atoms with Crippen molar-refractivity contribution in [2.24, 2.45) is 5.92 Å². The van der Waals surface area contributed by atoms with E-state index in [1.165, 1.54) is 28.0 Å². The van der Waals surface area contributed by atoms with Gasteiger partial charge in [0.25, 0.3) is 5.91 Å². The molecule has 0 spiro atoms. The second kappa shape index (κ2) is 10.0. The van der Waals surface area contributed by atoms with Gasteiger partial charge >= 0.3 is 0 Å². The fourth-order valence-corrected chi connectivity index (χ4v) is 4.81. The van der Waals surface area contributed by atoms with Gasteiger partial charge in [-0.05, 0) is 54.0 Å². The standard InChI is InChI=1S/C25H27NO3S/c27-16-22-12-13-24(30-22)25(28)26-15-18-10-11-21(14-18)29-17-20-8-4-5-9-23(20)19-6-2-1-3-7-19/h1-9,12-13,18,21,27H,10-11,14-17H2,(H,26,28)/t18-,21-/m0/s1. The first-order valence-corrected chi connectivity index (χ1v) is 11.3. The monoisotopic (exact) mass is 421 g/mol. The van der Waals surface area contributed by atoms with Crippen LogP contribution in [0.3, 0.4) is 0 Å². The summed E-state index contributed by atoms with van der Waals surface area (Å²) in [6.45, 7) is 1.26. The lowest BCUT2D eigenvalue weighted by Crippen LogP contribution is -2.28. The van der Waals surface area contributed by atoms with Gasteiger partial charge in [0.2, 0.25) is 0 Å². The fourth-order valence-electron chi connectivity index (χ4n) is 4.03. The smallest absolute Gasteiger partial charge is 0.261 e. The Hall–Kier alpha value is -2.47. The van der Waals surface area contributed by atoms with Gasteiger partial charge in [-0.25, -0.2) is 0 Å². The Morgan fingerprint density at radius 1 is 1.03 bits per heavy atom. The van der Waals surface area contributed by atoms with Crippen molar-refractivity contribution in [2.75, 3.05) is 6.54 Å². The number of hydrogen-bond acceptors (Lipinski definition) is 4. The lowest BCUT2D eigenvalue weighted by molar-refractivity contribution is 0.0431. The summed E-state index contributed by atoms with van der Waals surface area (Å²) in [5, 5.41) is 12.2. The molecule has 156 valence electrons. The van der Waals surface area contributed by atoms with Crippen molar-refractivity contribution in [1.82, 2.24) is 5.32 Å². The Balaban J connectivity index is 1.26. The van der Waals surface area contributed by atoms with Crippen molar-refractivity contribution in [2.45, 2.75) is 38.6 Å². The third-order valence-electron chi connectivity index (χ3n) is 5.66.